The Morgan fingerprint density at radius 3 is 2.29 bits per heavy atom. The monoisotopic (exact) mass is 237 g/mol. The van der Waals surface area contributed by atoms with E-state index >= 15 is 0 Å². The number of esters is 2. The summed E-state index contributed by atoms with van der Waals surface area (Å²) in [6.07, 6.45) is 0. The zero-order valence-corrected chi connectivity index (χ0v) is 9.86. The molecule has 0 fully saturated rings. The third-order valence-electron chi connectivity index (χ3n) is 2.20. The van der Waals surface area contributed by atoms with E-state index in [0.717, 1.165) is 5.56 Å². The first-order valence-electron chi connectivity index (χ1n) is 5.12. The molecule has 0 unspecified atom stereocenters. The number of benzene rings is 1. The topological polar surface area (TPSA) is 64.6 Å². The molecule has 0 aromatic heterocycles. The van der Waals surface area contributed by atoms with Crippen molar-refractivity contribution in [1.29, 1.82) is 0 Å². The minimum absolute atomic E-state index is 0.162. The number of hydrogen-bond acceptors (Lipinski definition) is 5. The fraction of sp³-hybridized carbons (Fsp3) is 0.333. The van der Waals surface area contributed by atoms with Crippen LogP contribution in [0.2, 0.25) is 0 Å². The summed E-state index contributed by atoms with van der Waals surface area (Å²) >= 11 is 0. The molecular weight excluding hydrogens is 222 g/mol. The summed E-state index contributed by atoms with van der Waals surface area (Å²) in [6.45, 7) is 0.700. The normalized spacial score (nSPS) is 9.76. The molecule has 1 N–H and O–H groups in total. The number of nitrogens with one attached hydrogen (secondary N) is 1. The minimum atomic E-state index is -0.362. The first-order chi connectivity index (χ1) is 8.17. The van der Waals surface area contributed by atoms with Crippen molar-refractivity contribution in [2.45, 2.75) is 6.54 Å². The summed E-state index contributed by atoms with van der Waals surface area (Å²) in [5, 5.41) is 2.92. The van der Waals surface area contributed by atoms with Crippen molar-refractivity contribution in [2.24, 2.45) is 0 Å². The SMILES string of the molecule is COC(=O)CNCc1ccc(C(=O)OC)cc1. The molecule has 1 aromatic rings. The molecule has 0 heterocycles. The molecule has 17 heavy (non-hydrogen) atoms. The zero-order valence-electron chi connectivity index (χ0n) is 9.86. The van der Waals surface area contributed by atoms with E-state index in [9.17, 15) is 9.59 Å². The highest BCUT2D eigenvalue weighted by atomic mass is 16.5. The van der Waals surface area contributed by atoms with Crippen LogP contribution in [0.3, 0.4) is 0 Å². The van der Waals surface area contributed by atoms with Gasteiger partial charge in [0.1, 0.15) is 0 Å². The Bertz CT molecular complexity index is 386. The largest absolute Gasteiger partial charge is 0.468 e. The standard InChI is InChI=1S/C12H15NO4/c1-16-11(14)8-13-7-9-3-5-10(6-4-9)12(15)17-2/h3-6,13H,7-8H2,1-2H3. The lowest BCUT2D eigenvalue weighted by Gasteiger charge is -2.04. The van der Waals surface area contributed by atoms with Gasteiger partial charge in [-0.2, -0.15) is 0 Å². The average Bonchev–Trinajstić information content (AvgIpc) is 2.38. The van der Waals surface area contributed by atoms with Gasteiger partial charge in [-0.25, -0.2) is 4.79 Å². The van der Waals surface area contributed by atoms with Crippen molar-refractivity contribution < 1.29 is 19.1 Å². The van der Waals surface area contributed by atoms with Gasteiger partial charge in [-0.1, -0.05) is 12.1 Å². The van der Waals surface area contributed by atoms with E-state index in [-0.39, 0.29) is 18.5 Å². The van der Waals surface area contributed by atoms with Crippen LogP contribution in [0.25, 0.3) is 0 Å². The van der Waals surface area contributed by atoms with Gasteiger partial charge in [0.25, 0.3) is 0 Å². The van der Waals surface area contributed by atoms with Crippen LogP contribution in [-0.4, -0.2) is 32.7 Å². The maximum absolute atomic E-state index is 11.2. The molecule has 0 aliphatic rings. The molecule has 0 saturated heterocycles. The molecule has 5 heteroatoms. The van der Waals surface area contributed by atoms with Gasteiger partial charge in [0.05, 0.1) is 26.3 Å². The van der Waals surface area contributed by atoms with E-state index in [2.05, 4.69) is 14.8 Å². The molecule has 92 valence electrons. The molecule has 0 aliphatic heterocycles. The Morgan fingerprint density at radius 1 is 1.12 bits per heavy atom. The van der Waals surface area contributed by atoms with Gasteiger partial charge in [-0.05, 0) is 17.7 Å². The molecule has 0 bridgehead atoms. The number of methoxy groups -OCH3 is 2. The Morgan fingerprint density at radius 2 is 1.76 bits per heavy atom. The Hall–Kier alpha value is -1.88. The van der Waals surface area contributed by atoms with E-state index in [1.165, 1.54) is 14.2 Å². The van der Waals surface area contributed by atoms with Gasteiger partial charge >= 0.3 is 11.9 Å². The average molecular weight is 237 g/mol. The fourth-order valence-corrected chi connectivity index (χ4v) is 1.26. The maximum atomic E-state index is 11.2. The summed E-state index contributed by atoms with van der Waals surface area (Å²) in [5.41, 5.74) is 1.48. The van der Waals surface area contributed by atoms with Gasteiger partial charge in [0.2, 0.25) is 0 Å². The van der Waals surface area contributed by atoms with Gasteiger partial charge in [0, 0.05) is 6.54 Å². The van der Waals surface area contributed by atoms with Crippen LogP contribution < -0.4 is 5.32 Å². The van der Waals surface area contributed by atoms with Crippen LogP contribution >= 0.6 is 0 Å². The Labute approximate surface area is 99.7 Å². The molecular formula is C12H15NO4. The molecule has 0 amide bonds. The van der Waals surface area contributed by atoms with Gasteiger partial charge < -0.3 is 14.8 Å². The van der Waals surface area contributed by atoms with Crippen molar-refractivity contribution in [3.05, 3.63) is 35.4 Å². The van der Waals surface area contributed by atoms with Crippen LogP contribution in [0.5, 0.6) is 0 Å². The van der Waals surface area contributed by atoms with E-state index in [1.54, 1.807) is 24.3 Å². The molecule has 0 radical (unpaired) electrons. The van der Waals surface area contributed by atoms with E-state index in [0.29, 0.717) is 12.1 Å². The highest BCUT2D eigenvalue weighted by molar-refractivity contribution is 5.89. The lowest BCUT2D eigenvalue weighted by atomic mass is 10.1. The predicted octanol–water partition coefficient (Wildman–Crippen LogP) is 0.736. The number of carbonyl (C=O) groups excluding carboxylic acids is 2. The quantitative estimate of drug-likeness (QED) is 0.765. The van der Waals surface area contributed by atoms with E-state index in [4.69, 9.17) is 0 Å². The second kappa shape index (κ2) is 6.65. The molecule has 0 spiro atoms. The lowest BCUT2D eigenvalue weighted by Crippen LogP contribution is -2.23. The summed E-state index contributed by atoms with van der Waals surface area (Å²) in [7, 11) is 2.68. The Balaban J connectivity index is 2.46. The fourth-order valence-electron chi connectivity index (χ4n) is 1.26. The molecule has 0 atom stereocenters. The lowest BCUT2D eigenvalue weighted by molar-refractivity contribution is -0.139. The molecule has 1 rings (SSSR count). The third kappa shape index (κ3) is 4.24. The van der Waals surface area contributed by atoms with Gasteiger partial charge in [-0.3, -0.25) is 4.79 Å². The van der Waals surface area contributed by atoms with Crippen molar-refractivity contribution in [3.63, 3.8) is 0 Å². The summed E-state index contributed by atoms with van der Waals surface area (Å²) in [4.78, 5) is 22.0. The van der Waals surface area contributed by atoms with Crippen LogP contribution in [0.1, 0.15) is 15.9 Å². The summed E-state index contributed by atoms with van der Waals surface area (Å²) in [6, 6.07) is 6.97. The van der Waals surface area contributed by atoms with Crippen molar-refractivity contribution in [3.8, 4) is 0 Å². The third-order valence-corrected chi connectivity index (χ3v) is 2.20. The second-order valence-electron chi connectivity index (χ2n) is 3.37. The molecule has 5 nitrogen and oxygen atoms in total. The smallest absolute Gasteiger partial charge is 0.337 e. The number of hydrogen-bond donors (Lipinski definition) is 1. The van der Waals surface area contributed by atoms with Crippen molar-refractivity contribution in [1.82, 2.24) is 5.32 Å². The van der Waals surface area contributed by atoms with Crippen LogP contribution in [0.4, 0.5) is 0 Å². The minimum Gasteiger partial charge on any atom is -0.468 e. The van der Waals surface area contributed by atoms with Crippen molar-refractivity contribution in [2.75, 3.05) is 20.8 Å². The van der Waals surface area contributed by atoms with Crippen LogP contribution in [0.15, 0.2) is 24.3 Å². The molecule has 0 saturated carbocycles. The van der Waals surface area contributed by atoms with Gasteiger partial charge in [-0.15, -0.1) is 0 Å². The first-order valence-corrected chi connectivity index (χ1v) is 5.12. The molecule has 1 aromatic carbocycles. The molecule has 0 aliphatic carbocycles. The first kappa shape index (κ1) is 13.2. The summed E-state index contributed by atoms with van der Waals surface area (Å²) < 4.78 is 9.08. The predicted molar refractivity (Wildman–Crippen MR) is 61.5 cm³/mol. The van der Waals surface area contributed by atoms with E-state index in [1.807, 2.05) is 0 Å². The number of rotatable bonds is 5. The van der Waals surface area contributed by atoms with Gasteiger partial charge in [0.15, 0.2) is 0 Å². The van der Waals surface area contributed by atoms with Crippen LogP contribution in [0, 0.1) is 0 Å². The number of ether oxygens (including phenoxy) is 2. The highest BCUT2D eigenvalue weighted by Gasteiger charge is 2.04. The second-order valence-corrected chi connectivity index (χ2v) is 3.37. The highest BCUT2D eigenvalue weighted by Crippen LogP contribution is 2.05. The Kier molecular flexibility index (Phi) is 5.16. The zero-order chi connectivity index (χ0) is 12.7. The maximum Gasteiger partial charge on any atom is 0.337 e. The van der Waals surface area contributed by atoms with E-state index < -0.39 is 0 Å². The summed E-state index contributed by atoms with van der Waals surface area (Å²) in [5.74, 6) is -0.671. The van der Waals surface area contributed by atoms with Crippen LogP contribution in [-0.2, 0) is 20.8 Å². The van der Waals surface area contributed by atoms with Crippen molar-refractivity contribution >= 4 is 11.9 Å². The number of carbonyl (C=O) groups is 2.